The zero-order valence-electron chi connectivity index (χ0n) is 24.7. The van der Waals surface area contributed by atoms with Crippen LogP contribution in [0.3, 0.4) is 0 Å². The molecule has 0 bridgehead atoms. The Morgan fingerprint density at radius 3 is 1.91 bits per heavy atom. The van der Waals surface area contributed by atoms with Crippen molar-refractivity contribution in [3.05, 3.63) is 115 Å². The van der Waals surface area contributed by atoms with Crippen molar-refractivity contribution in [2.24, 2.45) is 0 Å². The van der Waals surface area contributed by atoms with E-state index in [1.54, 1.807) is 13.8 Å². The van der Waals surface area contributed by atoms with Crippen LogP contribution < -0.4 is 5.72 Å². The second-order valence-corrected chi connectivity index (χ2v) is 11.6. The number of benzene rings is 4. The Bertz CT molecular complexity index is 1880. The maximum absolute atomic E-state index is 10.6. The smallest absolute Gasteiger partial charge is 0.379 e. The summed E-state index contributed by atoms with van der Waals surface area (Å²) in [6.07, 6.45) is 0. The van der Waals surface area contributed by atoms with E-state index in [-0.39, 0.29) is 0 Å². The molecule has 0 spiro atoms. The summed E-state index contributed by atoms with van der Waals surface area (Å²) in [5.74, 6) is 1.03. The molecule has 6 rings (SSSR count). The van der Waals surface area contributed by atoms with Crippen molar-refractivity contribution in [3.8, 4) is 45.2 Å². The van der Waals surface area contributed by atoms with E-state index < -0.39 is 11.2 Å². The second kappa shape index (κ2) is 11.5. The van der Waals surface area contributed by atoms with Gasteiger partial charge in [-0.25, -0.2) is 19.9 Å². The fraction of sp³-hybridized carbons (Fsp3) is 0.167. The second-order valence-electron chi connectivity index (χ2n) is 11.6. The van der Waals surface area contributed by atoms with E-state index >= 15 is 0 Å². The van der Waals surface area contributed by atoms with E-state index in [2.05, 4.69) is 36.4 Å². The van der Waals surface area contributed by atoms with Gasteiger partial charge in [0.1, 0.15) is 5.72 Å². The number of hydrogen-bond donors (Lipinski definition) is 1. The third kappa shape index (κ3) is 6.24. The van der Waals surface area contributed by atoms with Crippen molar-refractivity contribution < 1.29 is 9.76 Å². The Hall–Kier alpha value is -4.72. The van der Waals surface area contributed by atoms with Gasteiger partial charge >= 0.3 is 7.48 Å². The van der Waals surface area contributed by atoms with Gasteiger partial charge in [0, 0.05) is 22.1 Å². The Morgan fingerprint density at radius 1 is 0.558 bits per heavy atom. The molecule has 6 aromatic rings. The van der Waals surface area contributed by atoms with Gasteiger partial charge in [-0.1, -0.05) is 97.1 Å². The van der Waals surface area contributed by atoms with Crippen LogP contribution in [0.25, 0.3) is 56.1 Å². The molecular weight excluding hydrogens is 531 g/mol. The third-order valence-corrected chi connectivity index (χ3v) is 7.85. The van der Waals surface area contributed by atoms with Gasteiger partial charge in [0.2, 0.25) is 0 Å². The van der Waals surface area contributed by atoms with Crippen molar-refractivity contribution in [3.63, 3.8) is 0 Å². The lowest BCUT2D eigenvalue weighted by molar-refractivity contribution is -0.0894. The summed E-state index contributed by atoms with van der Waals surface area (Å²) >= 11 is 0. The Balaban J connectivity index is 1.39. The van der Waals surface area contributed by atoms with Crippen molar-refractivity contribution in [2.75, 3.05) is 0 Å². The van der Waals surface area contributed by atoms with Crippen molar-refractivity contribution >= 4 is 24.1 Å². The molecule has 43 heavy (non-hydrogen) atoms. The molecule has 2 aromatic heterocycles. The first-order valence-electron chi connectivity index (χ1n) is 14.3. The summed E-state index contributed by atoms with van der Waals surface area (Å²) in [6, 6.07) is 38.6. The number of para-hydroxylation sites is 1. The highest BCUT2D eigenvalue weighted by Crippen LogP contribution is 2.28. The first-order chi connectivity index (χ1) is 20.7. The van der Waals surface area contributed by atoms with Gasteiger partial charge < -0.3 is 9.76 Å². The van der Waals surface area contributed by atoms with Crippen LogP contribution in [-0.4, -0.2) is 43.7 Å². The van der Waals surface area contributed by atoms with E-state index in [0.29, 0.717) is 17.4 Å². The average Bonchev–Trinajstić information content (AvgIpc) is 3.03. The zero-order valence-corrected chi connectivity index (χ0v) is 24.7. The molecule has 0 unspecified atom stereocenters. The van der Waals surface area contributed by atoms with E-state index in [1.807, 2.05) is 92.7 Å². The minimum Gasteiger partial charge on any atom is -0.424 e. The highest BCUT2D eigenvalue weighted by molar-refractivity contribution is 6.44. The Morgan fingerprint density at radius 2 is 1.16 bits per heavy atom. The summed E-state index contributed by atoms with van der Waals surface area (Å²) in [5.41, 5.74) is 5.09. The van der Waals surface area contributed by atoms with Crippen LogP contribution in [0.1, 0.15) is 27.7 Å². The molecule has 0 amide bonds. The van der Waals surface area contributed by atoms with Gasteiger partial charge in [-0.3, -0.25) is 0 Å². The van der Waals surface area contributed by atoms with Crippen LogP contribution in [-0.2, 0) is 4.65 Å². The SMILES string of the molecule is CC(C)(O)C(C)(C)O[B]c1nc(-c2ccc(-c3ccccc3)cc2)nc(-c2cccc(-c3ccc4ccccc4n3)c2)n1. The quantitative estimate of drug-likeness (QED) is 0.203. The summed E-state index contributed by atoms with van der Waals surface area (Å²) in [6.45, 7) is 7.08. The molecule has 0 saturated carbocycles. The van der Waals surface area contributed by atoms with Gasteiger partial charge in [-0.15, -0.1) is 0 Å². The highest BCUT2D eigenvalue weighted by Gasteiger charge is 2.36. The number of rotatable bonds is 8. The van der Waals surface area contributed by atoms with Gasteiger partial charge in [-0.2, -0.15) is 0 Å². The maximum Gasteiger partial charge on any atom is 0.379 e. The lowest BCUT2D eigenvalue weighted by Crippen LogP contribution is -2.49. The fourth-order valence-electron chi connectivity index (χ4n) is 4.53. The molecule has 211 valence electrons. The predicted octanol–water partition coefficient (Wildman–Crippen LogP) is 6.90. The molecule has 0 aliphatic carbocycles. The number of fused-ring (bicyclic) bond motifs is 1. The first-order valence-corrected chi connectivity index (χ1v) is 14.3. The van der Waals surface area contributed by atoms with E-state index in [9.17, 15) is 5.11 Å². The minimum atomic E-state index is -1.09. The molecule has 0 fully saturated rings. The van der Waals surface area contributed by atoms with E-state index in [1.165, 1.54) is 7.48 Å². The molecule has 1 N–H and O–H groups in total. The van der Waals surface area contributed by atoms with Crippen LogP contribution in [0.5, 0.6) is 0 Å². The molecule has 4 aromatic carbocycles. The largest absolute Gasteiger partial charge is 0.424 e. The topological polar surface area (TPSA) is 81.0 Å². The molecular formula is C36H32BN4O2. The molecule has 0 aliphatic rings. The van der Waals surface area contributed by atoms with E-state index in [0.717, 1.165) is 44.4 Å². The van der Waals surface area contributed by atoms with E-state index in [4.69, 9.17) is 24.6 Å². The number of hydrogen-bond acceptors (Lipinski definition) is 6. The number of aromatic nitrogens is 4. The molecule has 1 radical (unpaired) electrons. The van der Waals surface area contributed by atoms with Gasteiger partial charge in [0.25, 0.3) is 0 Å². The molecule has 0 saturated heterocycles. The minimum absolute atomic E-state index is 0.360. The highest BCUT2D eigenvalue weighted by atomic mass is 16.5. The molecule has 0 aliphatic heterocycles. The number of pyridine rings is 1. The maximum atomic E-state index is 10.6. The average molecular weight is 563 g/mol. The lowest BCUT2D eigenvalue weighted by Gasteiger charge is -2.37. The number of aliphatic hydroxyl groups is 1. The van der Waals surface area contributed by atoms with Crippen molar-refractivity contribution in [2.45, 2.75) is 38.9 Å². The normalized spacial score (nSPS) is 11.9. The summed E-state index contributed by atoms with van der Waals surface area (Å²) in [4.78, 5) is 19.3. The molecule has 6 nitrogen and oxygen atoms in total. The van der Waals surface area contributed by atoms with Gasteiger partial charge in [-0.05, 0) is 57.0 Å². The van der Waals surface area contributed by atoms with Crippen LogP contribution in [0.2, 0.25) is 0 Å². The molecule has 0 atom stereocenters. The van der Waals surface area contributed by atoms with Gasteiger partial charge in [0.15, 0.2) is 11.6 Å². The Kier molecular flexibility index (Phi) is 7.61. The Labute approximate surface area is 252 Å². The van der Waals surface area contributed by atoms with Crippen LogP contribution in [0.4, 0.5) is 0 Å². The standard InChI is InChI=1S/C36H32BN4O2/c1-35(2,42)36(3,4)43-37-34-40-32(27-19-17-25(18-20-27)24-11-6-5-7-12-24)39-33(41-34)29-15-10-14-28(23-29)31-22-21-26-13-8-9-16-30(26)38-31/h5-23,42H,1-4H3. The van der Waals surface area contributed by atoms with Crippen LogP contribution in [0.15, 0.2) is 115 Å². The summed E-state index contributed by atoms with van der Waals surface area (Å²) in [5, 5.41) is 11.7. The van der Waals surface area contributed by atoms with Crippen molar-refractivity contribution in [1.29, 1.82) is 0 Å². The monoisotopic (exact) mass is 563 g/mol. The van der Waals surface area contributed by atoms with Crippen LogP contribution >= 0.6 is 0 Å². The first kappa shape index (κ1) is 28.4. The molecule has 7 heteroatoms. The van der Waals surface area contributed by atoms with Crippen LogP contribution in [0, 0.1) is 0 Å². The lowest BCUT2D eigenvalue weighted by atomic mass is 9.86. The fourth-order valence-corrected chi connectivity index (χ4v) is 4.53. The third-order valence-electron chi connectivity index (χ3n) is 7.85. The zero-order chi connectivity index (χ0) is 30.0. The summed E-state index contributed by atoms with van der Waals surface area (Å²) in [7, 11) is 1.50. The number of nitrogens with zero attached hydrogens (tertiary/aromatic N) is 4. The predicted molar refractivity (Wildman–Crippen MR) is 174 cm³/mol. The van der Waals surface area contributed by atoms with Crippen molar-refractivity contribution in [1.82, 2.24) is 19.9 Å². The summed E-state index contributed by atoms with van der Waals surface area (Å²) < 4.78 is 6.03. The molecule has 2 heterocycles. The van der Waals surface area contributed by atoms with Gasteiger partial charge in [0.05, 0.1) is 22.4 Å².